The van der Waals surface area contributed by atoms with Gasteiger partial charge in [-0.1, -0.05) is 19.9 Å². The average Bonchev–Trinajstić information content (AvgIpc) is 2.58. The van der Waals surface area contributed by atoms with Gasteiger partial charge >= 0.3 is 0 Å². The lowest BCUT2D eigenvalue weighted by atomic mass is 9.99. The van der Waals surface area contributed by atoms with Gasteiger partial charge in [0.1, 0.15) is 6.04 Å². The maximum atomic E-state index is 12.7. The largest absolute Gasteiger partial charge is 0.374 e. The molecule has 0 bridgehead atoms. The monoisotopic (exact) mass is 345 g/mol. The van der Waals surface area contributed by atoms with Crippen LogP contribution in [0.15, 0.2) is 18.2 Å². The molecule has 25 heavy (non-hydrogen) atoms. The molecule has 1 aromatic carbocycles. The van der Waals surface area contributed by atoms with Crippen molar-refractivity contribution in [1.82, 2.24) is 4.90 Å². The van der Waals surface area contributed by atoms with Gasteiger partial charge in [0.15, 0.2) is 0 Å². The summed E-state index contributed by atoms with van der Waals surface area (Å²) in [6.07, 6.45) is 3.50. The van der Waals surface area contributed by atoms with E-state index < -0.39 is 0 Å². The number of rotatable bonds is 6. The first-order valence-corrected chi connectivity index (χ1v) is 9.37. The van der Waals surface area contributed by atoms with Gasteiger partial charge in [0.05, 0.1) is 0 Å². The lowest BCUT2D eigenvalue weighted by Crippen LogP contribution is -2.45. The number of carbonyl (C=O) groups excluding carboxylic acids is 2. The molecule has 1 aliphatic heterocycles. The Morgan fingerprint density at radius 1 is 1.24 bits per heavy atom. The van der Waals surface area contributed by atoms with E-state index in [0.29, 0.717) is 12.3 Å². The zero-order valence-electron chi connectivity index (χ0n) is 15.9. The first-order valence-electron chi connectivity index (χ1n) is 9.37. The number of anilines is 2. The highest BCUT2D eigenvalue weighted by atomic mass is 16.2. The lowest BCUT2D eigenvalue weighted by molar-refractivity contribution is -0.133. The van der Waals surface area contributed by atoms with Gasteiger partial charge in [-0.3, -0.25) is 9.59 Å². The summed E-state index contributed by atoms with van der Waals surface area (Å²) in [4.78, 5) is 26.5. The van der Waals surface area contributed by atoms with Crippen LogP contribution in [0.1, 0.15) is 52.0 Å². The third-order valence-corrected chi connectivity index (χ3v) is 4.92. The summed E-state index contributed by atoms with van der Waals surface area (Å²) in [5.74, 6) is 0.874. The predicted molar refractivity (Wildman–Crippen MR) is 103 cm³/mol. The standard InChI is InChI=1S/C20H31N3O2/c1-5-7-19(24)22-18-9-6-8-17(15(18)3)21-16(4)20(25)23-12-10-14(2)11-13-23/h6,8-9,14,16,21H,5,7,10-13H2,1-4H3,(H,22,24). The van der Waals surface area contributed by atoms with Gasteiger partial charge in [-0.15, -0.1) is 0 Å². The van der Waals surface area contributed by atoms with E-state index in [0.717, 1.165) is 49.3 Å². The maximum Gasteiger partial charge on any atom is 0.244 e. The highest BCUT2D eigenvalue weighted by Gasteiger charge is 2.24. The molecule has 0 radical (unpaired) electrons. The van der Waals surface area contributed by atoms with E-state index in [2.05, 4.69) is 17.6 Å². The van der Waals surface area contributed by atoms with E-state index in [1.807, 2.05) is 43.9 Å². The van der Waals surface area contributed by atoms with Crippen molar-refractivity contribution in [2.24, 2.45) is 5.92 Å². The van der Waals surface area contributed by atoms with Crippen LogP contribution >= 0.6 is 0 Å². The van der Waals surface area contributed by atoms with Crippen LogP contribution in [0.4, 0.5) is 11.4 Å². The summed E-state index contributed by atoms with van der Waals surface area (Å²) < 4.78 is 0. The molecule has 0 aliphatic carbocycles. The number of carbonyl (C=O) groups is 2. The van der Waals surface area contributed by atoms with Crippen molar-refractivity contribution in [2.75, 3.05) is 23.7 Å². The van der Waals surface area contributed by atoms with Gasteiger partial charge < -0.3 is 15.5 Å². The molecule has 1 heterocycles. The molecular weight excluding hydrogens is 314 g/mol. The molecule has 1 unspecified atom stereocenters. The molecule has 5 nitrogen and oxygen atoms in total. The second-order valence-corrected chi connectivity index (χ2v) is 7.15. The second-order valence-electron chi connectivity index (χ2n) is 7.15. The summed E-state index contributed by atoms with van der Waals surface area (Å²) in [6, 6.07) is 5.46. The van der Waals surface area contributed by atoms with E-state index in [1.54, 1.807) is 0 Å². The van der Waals surface area contributed by atoms with Crippen molar-refractivity contribution in [2.45, 2.75) is 59.4 Å². The fourth-order valence-electron chi connectivity index (χ4n) is 3.17. The van der Waals surface area contributed by atoms with Crippen molar-refractivity contribution < 1.29 is 9.59 Å². The maximum absolute atomic E-state index is 12.7. The molecule has 1 saturated heterocycles. The fraction of sp³-hybridized carbons (Fsp3) is 0.600. The first kappa shape index (κ1) is 19.3. The second kappa shape index (κ2) is 8.88. The Bertz CT molecular complexity index is 607. The Hall–Kier alpha value is -2.04. The van der Waals surface area contributed by atoms with Gasteiger partial charge in [0.2, 0.25) is 11.8 Å². The van der Waals surface area contributed by atoms with E-state index in [9.17, 15) is 9.59 Å². The first-order chi connectivity index (χ1) is 11.9. The number of amides is 2. The highest BCUT2D eigenvalue weighted by Crippen LogP contribution is 2.25. The summed E-state index contributed by atoms with van der Waals surface area (Å²) in [5.41, 5.74) is 2.65. The van der Waals surface area contributed by atoms with Crippen LogP contribution in [0, 0.1) is 12.8 Å². The number of likely N-dealkylation sites (tertiary alicyclic amines) is 1. The minimum absolute atomic E-state index is 0.0225. The van der Waals surface area contributed by atoms with Crippen molar-refractivity contribution in [3.8, 4) is 0 Å². The van der Waals surface area contributed by atoms with E-state index >= 15 is 0 Å². The molecule has 1 atom stereocenters. The van der Waals surface area contributed by atoms with E-state index in [-0.39, 0.29) is 17.9 Å². The summed E-state index contributed by atoms with van der Waals surface area (Å²) in [5, 5.41) is 6.27. The Morgan fingerprint density at radius 2 is 1.88 bits per heavy atom. The molecular formula is C20H31N3O2. The zero-order valence-corrected chi connectivity index (χ0v) is 15.9. The van der Waals surface area contributed by atoms with Crippen molar-refractivity contribution >= 4 is 23.2 Å². The Labute approximate surface area is 151 Å². The third kappa shape index (κ3) is 5.21. The molecule has 5 heteroatoms. The number of benzene rings is 1. The van der Waals surface area contributed by atoms with Crippen LogP contribution in [0.5, 0.6) is 0 Å². The Kier molecular flexibility index (Phi) is 6.85. The zero-order chi connectivity index (χ0) is 18.4. The molecule has 0 spiro atoms. The van der Waals surface area contributed by atoms with Crippen molar-refractivity contribution in [1.29, 1.82) is 0 Å². The third-order valence-electron chi connectivity index (χ3n) is 4.92. The van der Waals surface area contributed by atoms with Crippen LogP contribution in [-0.2, 0) is 9.59 Å². The molecule has 1 fully saturated rings. The number of nitrogens with one attached hydrogen (secondary N) is 2. The van der Waals surface area contributed by atoms with Crippen LogP contribution in [-0.4, -0.2) is 35.8 Å². The van der Waals surface area contributed by atoms with Crippen molar-refractivity contribution in [3.63, 3.8) is 0 Å². The van der Waals surface area contributed by atoms with Crippen LogP contribution in [0.2, 0.25) is 0 Å². The predicted octanol–water partition coefficient (Wildman–Crippen LogP) is 3.79. The highest BCUT2D eigenvalue weighted by molar-refractivity contribution is 5.92. The number of piperidine rings is 1. The van der Waals surface area contributed by atoms with Gasteiger partial charge in [-0.05, 0) is 56.7 Å². The van der Waals surface area contributed by atoms with Gasteiger partial charge in [-0.25, -0.2) is 0 Å². The molecule has 1 aliphatic rings. The normalized spacial score (nSPS) is 16.4. The minimum Gasteiger partial charge on any atom is -0.374 e. The van der Waals surface area contributed by atoms with E-state index in [4.69, 9.17) is 0 Å². The molecule has 0 saturated carbocycles. The van der Waals surface area contributed by atoms with Crippen LogP contribution in [0.3, 0.4) is 0 Å². The van der Waals surface area contributed by atoms with Crippen LogP contribution < -0.4 is 10.6 Å². The van der Waals surface area contributed by atoms with Gasteiger partial charge in [0, 0.05) is 30.9 Å². The summed E-state index contributed by atoms with van der Waals surface area (Å²) >= 11 is 0. The number of hydrogen-bond donors (Lipinski definition) is 2. The van der Waals surface area contributed by atoms with Crippen molar-refractivity contribution in [3.05, 3.63) is 23.8 Å². The minimum atomic E-state index is -0.284. The summed E-state index contributed by atoms with van der Waals surface area (Å²) in [7, 11) is 0. The molecule has 1 aromatic rings. The molecule has 2 N–H and O–H groups in total. The molecule has 2 amide bonds. The van der Waals surface area contributed by atoms with Gasteiger partial charge in [-0.2, -0.15) is 0 Å². The SMILES string of the molecule is CCCC(=O)Nc1cccc(NC(C)C(=O)N2CCC(C)CC2)c1C. The number of hydrogen-bond acceptors (Lipinski definition) is 3. The molecule has 2 rings (SSSR count). The van der Waals surface area contributed by atoms with Gasteiger partial charge in [0.25, 0.3) is 0 Å². The Balaban J connectivity index is 2.01. The topological polar surface area (TPSA) is 61.4 Å². The summed E-state index contributed by atoms with van der Waals surface area (Å²) in [6.45, 7) is 9.78. The van der Waals surface area contributed by atoms with E-state index in [1.165, 1.54) is 0 Å². The molecule has 138 valence electrons. The van der Waals surface area contributed by atoms with Crippen LogP contribution in [0.25, 0.3) is 0 Å². The molecule has 0 aromatic heterocycles. The smallest absolute Gasteiger partial charge is 0.244 e. The average molecular weight is 345 g/mol. The quantitative estimate of drug-likeness (QED) is 0.824. The lowest BCUT2D eigenvalue weighted by Gasteiger charge is -2.32. The number of nitrogens with zero attached hydrogens (tertiary/aromatic N) is 1. The Morgan fingerprint density at radius 3 is 2.52 bits per heavy atom. The fourth-order valence-corrected chi connectivity index (χ4v) is 3.17.